The summed E-state index contributed by atoms with van der Waals surface area (Å²) < 4.78 is 12.3. The van der Waals surface area contributed by atoms with E-state index < -0.39 is 0 Å². The van der Waals surface area contributed by atoms with Crippen molar-refractivity contribution in [1.82, 2.24) is 0 Å². The number of nitrogen functional groups attached to an aromatic ring is 1. The van der Waals surface area contributed by atoms with E-state index in [1.807, 2.05) is 0 Å². The van der Waals surface area contributed by atoms with Crippen molar-refractivity contribution < 1.29 is 9.47 Å². The standard InChI is InChI=1S/C14H21NO2S/c1-13(2,3)11-8-16-14(17-11)5-4-9-6-12(15)18-10(9)7-14/h6,11H,4-5,7-8,15H2,1-3H3. The van der Waals surface area contributed by atoms with Crippen molar-refractivity contribution in [3.05, 3.63) is 16.5 Å². The first-order valence-electron chi connectivity index (χ1n) is 6.57. The van der Waals surface area contributed by atoms with Gasteiger partial charge in [-0.1, -0.05) is 20.8 Å². The monoisotopic (exact) mass is 267 g/mol. The van der Waals surface area contributed by atoms with Crippen LogP contribution in [-0.4, -0.2) is 18.5 Å². The van der Waals surface area contributed by atoms with Gasteiger partial charge in [-0.25, -0.2) is 0 Å². The van der Waals surface area contributed by atoms with Crippen LogP contribution < -0.4 is 5.73 Å². The third-order valence-corrected chi connectivity index (χ3v) is 4.95. The Balaban J connectivity index is 1.80. The molecule has 1 aromatic heterocycles. The van der Waals surface area contributed by atoms with Crippen LogP contribution >= 0.6 is 11.3 Å². The van der Waals surface area contributed by atoms with Crippen LogP contribution in [0.2, 0.25) is 0 Å². The second-order valence-corrected chi connectivity index (χ2v) is 7.64. The van der Waals surface area contributed by atoms with E-state index >= 15 is 0 Å². The smallest absolute Gasteiger partial charge is 0.174 e. The highest BCUT2D eigenvalue weighted by molar-refractivity contribution is 7.16. The van der Waals surface area contributed by atoms with Crippen LogP contribution in [0.1, 0.15) is 37.6 Å². The molecule has 1 aromatic rings. The highest BCUT2D eigenvalue weighted by atomic mass is 32.1. The molecule has 2 N–H and O–H groups in total. The topological polar surface area (TPSA) is 44.5 Å². The first-order chi connectivity index (χ1) is 8.38. The number of ether oxygens (including phenoxy) is 2. The largest absolute Gasteiger partial charge is 0.391 e. The fraction of sp³-hybridized carbons (Fsp3) is 0.714. The fourth-order valence-electron chi connectivity index (χ4n) is 2.71. The zero-order valence-electron chi connectivity index (χ0n) is 11.3. The van der Waals surface area contributed by atoms with Gasteiger partial charge in [0.25, 0.3) is 0 Å². The van der Waals surface area contributed by atoms with Gasteiger partial charge in [-0.15, -0.1) is 11.3 Å². The molecule has 2 unspecified atom stereocenters. The van der Waals surface area contributed by atoms with Gasteiger partial charge in [-0.2, -0.15) is 0 Å². The number of aryl methyl sites for hydroxylation is 1. The lowest BCUT2D eigenvalue weighted by Gasteiger charge is -2.33. The second kappa shape index (κ2) is 3.95. The minimum absolute atomic E-state index is 0.137. The average molecular weight is 267 g/mol. The normalized spacial score (nSPS) is 31.8. The molecule has 3 rings (SSSR count). The Bertz CT molecular complexity index is 463. The van der Waals surface area contributed by atoms with E-state index in [1.54, 1.807) is 11.3 Å². The number of nitrogens with two attached hydrogens (primary N) is 1. The predicted octanol–water partition coefficient (Wildman–Crippen LogP) is 2.98. The lowest BCUT2D eigenvalue weighted by molar-refractivity contribution is -0.183. The Labute approximate surface area is 112 Å². The molecule has 0 radical (unpaired) electrons. The summed E-state index contributed by atoms with van der Waals surface area (Å²) in [6.07, 6.45) is 3.01. The van der Waals surface area contributed by atoms with Crippen molar-refractivity contribution in [2.45, 2.75) is 51.9 Å². The number of thiophene rings is 1. The number of hydrogen-bond acceptors (Lipinski definition) is 4. The van der Waals surface area contributed by atoms with Crippen LogP contribution in [-0.2, 0) is 22.3 Å². The Hall–Kier alpha value is -0.580. The molecule has 1 spiro atoms. The summed E-state index contributed by atoms with van der Waals surface area (Å²) >= 11 is 1.68. The minimum Gasteiger partial charge on any atom is -0.391 e. The average Bonchev–Trinajstić information content (AvgIpc) is 2.81. The highest BCUT2D eigenvalue weighted by Crippen LogP contribution is 2.43. The van der Waals surface area contributed by atoms with Gasteiger partial charge in [0.05, 0.1) is 17.7 Å². The maximum Gasteiger partial charge on any atom is 0.174 e. The maximum atomic E-state index is 6.26. The summed E-state index contributed by atoms with van der Waals surface area (Å²) in [5.41, 5.74) is 7.40. The molecule has 2 aliphatic rings. The van der Waals surface area contributed by atoms with Crippen LogP contribution in [0, 0.1) is 5.41 Å². The van der Waals surface area contributed by atoms with E-state index in [1.165, 1.54) is 10.4 Å². The molecule has 1 aliphatic carbocycles. The number of anilines is 1. The lowest BCUT2D eigenvalue weighted by Crippen LogP contribution is -2.38. The van der Waals surface area contributed by atoms with Gasteiger partial charge >= 0.3 is 0 Å². The van der Waals surface area contributed by atoms with Crippen molar-refractivity contribution in [2.75, 3.05) is 12.3 Å². The molecule has 0 aromatic carbocycles. The van der Waals surface area contributed by atoms with Gasteiger partial charge in [0.1, 0.15) is 0 Å². The van der Waals surface area contributed by atoms with E-state index in [0.717, 1.165) is 24.3 Å². The quantitative estimate of drug-likeness (QED) is 0.786. The van der Waals surface area contributed by atoms with Crippen molar-refractivity contribution in [2.24, 2.45) is 5.41 Å². The van der Waals surface area contributed by atoms with E-state index in [0.29, 0.717) is 6.61 Å². The van der Waals surface area contributed by atoms with E-state index in [4.69, 9.17) is 15.2 Å². The predicted molar refractivity (Wildman–Crippen MR) is 73.8 cm³/mol. The van der Waals surface area contributed by atoms with Gasteiger partial charge < -0.3 is 15.2 Å². The first-order valence-corrected chi connectivity index (χ1v) is 7.38. The van der Waals surface area contributed by atoms with Crippen molar-refractivity contribution in [3.8, 4) is 0 Å². The molecular formula is C14H21NO2S. The molecule has 3 nitrogen and oxygen atoms in total. The van der Waals surface area contributed by atoms with Gasteiger partial charge in [-0.3, -0.25) is 0 Å². The molecule has 2 atom stereocenters. The molecule has 0 amide bonds. The molecule has 1 fully saturated rings. The van der Waals surface area contributed by atoms with E-state index in [-0.39, 0.29) is 17.3 Å². The first kappa shape index (κ1) is 12.5. The third kappa shape index (κ3) is 2.06. The minimum atomic E-state index is -0.387. The summed E-state index contributed by atoms with van der Waals surface area (Å²) in [4.78, 5) is 1.34. The molecule has 2 heterocycles. The zero-order valence-corrected chi connectivity index (χ0v) is 12.1. The van der Waals surface area contributed by atoms with E-state index in [2.05, 4.69) is 26.8 Å². The van der Waals surface area contributed by atoms with Crippen LogP contribution in [0.4, 0.5) is 5.00 Å². The Morgan fingerprint density at radius 1 is 1.44 bits per heavy atom. The molecule has 0 saturated carbocycles. The zero-order chi connectivity index (χ0) is 13.0. The van der Waals surface area contributed by atoms with Crippen LogP contribution in [0.15, 0.2) is 6.07 Å². The fourth-order valence-corrected chi connectivity index (χ4v) is 3.78. The summed E-state index contributed by atoms with van der Waals surface area (Å²) in [7, 11) is 0. The third-order valence-electron chi connectivity index (χ3n) is 3.94. The van der Waals surface area contributed by atoms with Crippen molar-refractivity contribution >= 4 is 16.3 Å². The highest BCUT2D eigenvalue weighted by Gasteiger charge is 2.47. The van der Waals surface area contributed by atoms with Crippen LogP contribution in [0.25, 0.3) is 0 Å². The SMILES string of the molecule is CC(C)(C)C1COC2(CCc3cc(N)sc3C2)O1. The van der Waals surface area contributed by atoms with Gasteiger partial charge in [0, 0.05) is 17.7 Å². The van der Waals surface area contributed by atoms with Crippen molar-refractivity contribution in [1.29, 1.82) is 0 Å². The van der Waals surface area contributed by atoms with Crippen molar-refractivity contribution in [3.63, 3.8) is 0 Å². The molecular weight excluding hydrogens is 246 g/mol. The molecule has 18 heavy (non-hydrogen) atoms. The molecule has 4 heteroatoms. The number of fused-ring (bicyclic) bond motifs is 1. The summed E-state index contributed by atoms with van der Waals surface area (Å²) in [6.45, 7) is 7.33. The van der Waals surface area contributed by atoms with Gasteiger partial charge in [0.15, 0.2) is 5.79 Å². The Morgan fingerprint density at radius 2 is 2.22 bits per heavy atom. The number of rotatable bonds is 0. The van der Waals surface area contributed by atoms with Gasteiger partial charge in [-0.05, 0) is 23.5 Å². The summed E-state index contributed by atoms with van der Waals surface area (Å²) in [5, 5.41) is 0.905. The maximum absolute atomic E-state index is 6.26. The second-order valence-electron chi connectivity index (χ2n) is 6.47. The molecule has 100 valence electrons. The van der Waals surface area contributed by atoms with Crippen LogP contribution in [0.5, 0.6) is 0 Å². The Morgan fingerprint density at radius 3 is 2.89 bits per heavy atom. The Kier molecular flexibility index (Phi) is 2.74. The van der Waals surface area contributed by atoms with Crippen LogP contribution in [0.3, 0.4) is 0 Å². The summed E-state index contributed by atoms with van der Waals surface area (Å²) in [6, 6.07) is 2.10. The molecule has 1 saturated heterocycles. The summed E-state index contributed by atoms with van der Waals surface area (Å²) in [5.74, 6) is -0.387. The van der Waals surface area contributed by atoms with Gasteiger partial charge in [0.2, 0.25) is 0 Å². The number of hydrogen-bond donors (Lipinski definition) is 1. The molecule has 0 bridgehead atoms. The molecule has 1 aliphatic heterocycles. The lowest BCUT2D eigenvalue weighted by atomic mass is 9.89. The van der Waals surface area contributed by atoms with E-state index in [9.17, 15) is 0 Å².